The summed E-state index contributed by atoms with van der Waals surface area (Å²) in [4.78, 5) is 48.4. The maximum atomic E-state index is 13.6. The van der Waals surface area contributed by atoms with Crippen molar-refractivity contribution in [1.29, 1.82) is 0 Å². The monoisotopic (exact) mass is 671 g/mol. The zero-order valence-electron chi connectivity index (χ0n) is 26.1. The van der Waals surface area contributed by atoms with Gasteiger partial charge >= 0.3 is 18.4 Å². The number of urea groups is 1. The molecule has 0 bridgehead atoms. The second-order valence-corrected chi connectivity index (χ2v) is 12.4. The van der Waals surface area contributed by atoms with Crippen LogP contribution in [0.2, 0.25) is 0 Å². The van der Waals surface area contributed by atoms with Crippen LogP contribution in [0.15, 0.2) is 30.5 Å². The Kier molecular flexibility index (Phi) is 8.65. The van der Waals surface area contributed by atoms with Gasteiger partial charge in [-0.25, -0.2) is 4.79 Å². The van der Waals surface area contributed by atoms with Crippen LogP contribution < -0.4 is 15.0 Å². The molecular weight excluding hydrogens is 636 g/mol. The third kappa shape index (κ3) is 5.74. The number of nitrogens with one attached hydrogen (secondary N) is 1. The Balaban J connectivity index is 1.33. The van der Waals surface area contributed by atoms with E-state index >= 15 is 0 Å². The lowest BCUT2D eigenvalue weighted by Crippen LogP contribution is -2.60. The minimum Gasteiger partial charge on any atom is -0.491 e. The van der Waals surface area contributed by atoms with Crippen molar-refractivity contribution in [3.8, 4) is 5.75 Å². The lowest BCUT2D eigenvalue weighted by Gasteiger charge is -2.46. The lowest BCUT2D eigenvalue weighted by atomic mass is 9.89. The van der Waals surface area contributed by atoms with Crippen LogP contribution in [0.3, 0.4) is 0 Å². The molecule has 1 unspecified atom stereocenters. The summed E-state index contributed by atoms with van der Waals surface area (Å²) in [5.41, 5.74) is -6.16. The fourth-order valence-corrected chi connectivity index (χ4v) is 6.45. The summed E-state index contributed by atoms with van der Waals surface area (Å²) in [6.07, 6.45) is -9.38. The highest BCUT2D eigenvalue weighted by Crippen LogP contribution is 2.50. The van der Waals surface area contributed by atoms with Crippen LogP contribution >= 0.6 is 0 Å². The average Bonchev–Trinajstić information content (AvgIpc) is 3.55. The SMILES string of the molecule is CCCc1cc(C(O)(C(F)(F)F)C(F)(F)F)ccc1N1C[C@H](C)N(C(=O)CN2C(=O)N[C@](C)(c3cc4c(cn3)OCC4)C2=O)CC1C. The number of carbonyl (C=O) groups is 3. The van der Waals surface area contributed by atoms with E-state index in [-0.39, 0.29) is 25.1 Å². The van der Waals surface area contributed by atoms with E-state index in [4.69, 9.17) is 4.74 Å². The molecule has 2 N–H and O–H groups in total. The first-order valence-electron chi connectivity index (χ1n) is 15.1. The van der Waals surface area contributed by atoms with Crippen LogP contribution in [-0.2, 0) is 33.6 Å². The van der Waals surface area contributed by atoms with Crippen molar-refractivity contribution in [3.05, 3.63) is 52.8 Å². The fourth-order valence-electron chi connectivity index (χ4n) is 6.45. The molecule has 1 aromatic heterocycles. The molecule has 4 amide bonds. The number of aromatic nitrogens is 1. The van der Waals surface area contributed by atoms with Gasteiger partial charge in [-0.15, -0.1) is 0 Å². The molecule has 2 saturated heterocycles. The molecule has 1 aromatic carbocycles. The van der Waals surface area contributed by atoms with Gasteiger partial charge in [0.1, 0.15) is 12.3 Å². The van der Waals surface area contributed by atoms with Crippen LogP contribution in [-0.4, -0.2) is 88.4 Å². The summed E-state index contributed by atoms with van der Waals surface area (Å²) in [5, 5.41) is 12.6. The number of piperazine rings is 1. The van der Waals surface area contributed by atoms with Crippen LogP contribution in [0.1, 0.15) is 56.5 Å². The normalized spacial score (nSPS) is 23.6. The van der Waals surface area contributed by atoms with Crippen molar-refractivity contribution in [1.82, 2.24) is 20.1 Å². The number of benzene rings is 1. The molecule has 3 atom stereocenters. The molecule has 16 heteroatoms. The number of ether oxygens (including phenoxy) is 1. The Hall–Kier alpha value is -4.08. The highest BCUT2D eigenvalue weighted by molar-refractivity contribution is 6.09. The number of aryl methyl sites for hydroxylation is 1. The van der Waals surface area contributed by atoms with Gasteiger partial charge in [0.15, 0.2) is 5.54 Å². The minimum absolute atomic E-state index is 0.0929. The van der Waals surface area contributed by atoms with E-state index in [2.05, 4.69) is 10.3 Å². The number of alkyl halides is 6. The number of halogens is 6. The van der Waals surface area contributed by atoms with E-state index in [0.29, 0.717) is 42.6 Å². The molecule has 3 aliphatic rings. The summed E-state index contributed by atoms with van der Waals surface area (Å²) < 4.78 is 87.0. The molecule has 5 rings (SSSR count). The highest BCUT2D eigenvalue weighted by Gasteiger charge is 2.71. The zero-order valence-corrected chi connectivity index (χ0v) is 26.1. The van der Waals surface area contributed by atoms with E-state index in [1.807, 2.05) is 0 Å². The van der Waals surface area contributed by atoms with E-state index in [1.54, 1.807) is 31.7 Å². The Morgan fingerprint density at radius 2 is 1.77 bits per heavy atom. The number of carbonyl (C=O) groups excluding carboxylic acids is 3. The molecule has 256 valence electrons. The van der Waals surface area contributed by atoms with Gasteiger partial charge in [0, 0.05) is 48.4 Å². The second kappa shape index (κ2) is 11.9. The summed E-state index contributed by atoms with van der Waals surface area (Å²) in [6, 6.07) is 2.48. The van der Waals surface area contributed by atoms with Crippen LogP contribution in [0, 0.1) is 0 Å². The average molecular weight is 672 g/mol. The Morgan fingerprint density at radius 3 is 2.40 bits per heavy atom. The van der Waals surface area contributed by atoms with Crippen molar-refractivity contribution >= 4 is 23.5 Å². The Labute approximate surface area is 266 Å². The quantitative estimate of drug-likeness (QED) is 0.336. The van der Waals surface area contributed by atoms with Crippen molar-refractivity contribution in [3.63, 3.8) is 0 Å². The second-order valence-electron chi connectivity index (χ2n) is 12.4. The molecule has 10 nitrogen and oxygen atoms in total. The van der Waals surface area contributed by atoms with Crippen molar-refractivity contribution in [2.24, 2.45) is 0 Å². The third-order valence-electron chi connectivity index (χ3n) is 9.11. The number of hydrogen-bond donors (Lipinski definition) is 2. The minimum atomic E-state index is -6.01. The summed E-state index contributed by atoms with van der Waals surface area (Å²) >= 11 is 0. The van der Waals surface area contributed by atoms with E-state index in [1.165, 1.54) is 18.0 Å². The molecule has 0 radical (unpaired) electrons. The number of anilines is 1. The summed E-state index contributed by atoms with van der Waals surface area (Å²) in [7, 11) is 0. The summed E-state index contributed by atoms with van der Waals surface area (Å²) in [6.45, 7) is 6.86. The Bertz CT molecular complexity index is 1570. The van der Waals surface area contributed by atoms with Gasteiger partial charge in [0.05, 0.1) is 18.5 Å². The fraction of sp³-hybridized carbons (Fsp3) is 0.548. The number of amides is 4. The Morgan fingerprint density at radius 1 is 1.09 bits per heavy atom. The number of rotatable bonds is 7. The highest BCUT2D eigenvalue weighted by atomic mass is 19.4. The number of pyridine rings is 1. The number of aliphatic hydroxyl groups is 1. The molecule has 0 spiro atoms. The third-order valence-corrected chi connectivity index (χ3v) is 9.11. The van der Waals surface area contributed by atoms with E-state index in [0.717, 1.165) is 22.6 Å². The molecular formula is C31H35F6N5O5. The zero-order chi connectivity index (χ0) is 34.7. The molecule has 3 aliphatic heterocycles. The number of fused-ring (bicyclic) bond motifs is 1. The lowest BCUT2D eigenvalue weighted by molar-refractivity contribution is -0.376. The number of hydrogen-bond acceptors (Lipinski definition) is 7. The van der Waals surface area contributed by atoms with Crippen LogP contribution in [0.5, 0.6) is 5.75 Å². The van der Waals surface area contributed by atoms with Gasteiger partial charge < -0.3 is 25.0 Å². The maximum absolute atomic E-state index is 13.6. The van der Waals surface area contributed by atoms with Crippen molar-refractivity contribution in [2.75, 3.05) is 31.1 Å². The number of imide groups is 1. The first kappa shape index (κ1) is 34.3. The molecule has 4 heterocycles. The van der Waals surface area contributed by atoms with Gasteiger partial charge in [-0.3, -0.25) is 19.5 Å². The van der Waals surface area contributed by atoms with Crippen LogP contribution in [0.25, 0.3) is 0 Å². The molecule has 2 fully saturated rings. The van der Waals surface area contributed by atoms with Gasteiger partial charge in [-0.05, 0) is 44.9 Å². The van der Waals surface area contributed by atoms with Crippen LogP contribution in [0.4, 0.5) is 36.8 Å². The molecule has 0 saturated carbocycles. The maximum Gasteiger partial charge on any atom is 0.430 e. The van der Waals surface area contributed by atoms with Crippen molar-refractivity contribution < 1.29 is 50.6 Å². The first-order chi connectivity index (χ1) is 21.8. The summed E-state index contributed by atoms with van der Waals surface area (Å²) in [5.74, 6) is -0.564. The van der Waals surface area contributed by atoms with Gasteiger partial charge in [0.2, 0.25) is 5.91 Å². The molecule has 0 aliphatic carbocycles. The first-order valence-corrected chi connectivity index (χ1v) is 15.1. The number of nitrogens with zero attached hydrogens (tertiary/aromatic N) is 4. The van der Waals surface area contributed by atoms with Gasteiger partial charge in [0.25, 0.3) is 11.5 Å². The largest absolute Gasteiger partial charge is 0.491 e. The van der Waals surface area contributed by atoms with Gasteiger partial charge in [-0.1, -0.05) is 25.5 Å². The smallest absolute Gasteiger partial charge is 0.430 e. The predicted molar refractivity (Wildman–Crippen MR) is 155 cm³/mol. The molecule has 47 heavy (non-hydrogen) atoms. The topological polar surface area (TPSA) is 115 Å². The predicted octanol–water partition coefficient (Wildman–Crippen LogP) is 4.17. The molecule has 2 aromatic rings. The van der Waals surface area contributed by atoms with Gasteiger partial charge in [-0.2, -0.15) is 26.3 Å². The standard InChI is InChI=1S/C31H35F6N5O5/c1-5-6-19-11-21(29(46,30(32,33)34)31(35,36)37)7-8-22(19)40-14-18(3)41(15-17(40)2)25(43)16-42-26(44)28(4,39-27(42)45)24-12-20-9-10-47-23(20)13-38-24/h7-8,11-13,17-18,46H,5-6,9-10,14-16H2,1-4H3,(H,39,45)/t17?,18-,28+/m0/s1. The van der Waals surface area contributed by atoms with E-state index < -0.39 is 65.5 Å². The van der Waals surface area contributed by atoms with E-state index in [9.17, 15) is 45.8 Å². The van der Waals surface area contributed by atoms with Crippen molar-refractivity contribution in [2.45, 2.75) is 82.5 Å².